The van der Waals surface area contributed by atoms with Crippen molar-refractivity contribution < 1.29 is 19.0 Å². The van der Waals surface area contributed by atoms with E-state index in [2.05, 4.69) is 5.32 Å². The molecular weight excluding hydrogens is 285 g/mol. The Morgan fingerprint density at radius 1 is 1.27 bits per heavy atom. The largest absolute Gasteiger partial charge is 0.497 e. The fourth-order valence-electron chi connectivity index (χ4n) is 2.08. The van der Waals surface area contributed by atoms with Crippen molar-refractivity contribution in [2.45, 2.75) is 12.5 Å². The van der Waals surface area contributed by atoms with Gasteiger partial charge in [0.1, 0.15) is 11.6 Å². The van der Waals surface area contributed by atoms with E-state index in [4.69, 9.17) is 4.74 Å². The minimum atomic E-state index is -1.26. The van der Waals surface area contributed by atoms with Gasteiger partial charge in [-0.1, -0.05) is 24.3 Å². The van der Waals surface area contributed by atoms with Crippen molar-refractivity contribution in [1.29, 1.82) is 0 Å². The van der Waals surface area contributed by atoms with Crippen LogP contribution in [0.4, 0.5) is 4.39 Å². The van der Waals surface area contributed by atoms with Gasteiger partial charge in [0.15, 0.2) is 6.10 Å². The van der Waals surface area contributed by atoms with Gasteiger partial charge in [0, 0.05) is 6.54 Å². The Morgan fingerprint density at radius 3 is 2.77 bits per heavy atom. The van der Waals surface area contributed by atoms with Gasteiger partial charge in [-0.3, -0.25) is 4.79 Å². The third-order valence-electron chi connectivity index (χ3n) is 3.26. The van der Waals surface area contributed by atoms with Gasteiger partial charge >= 0.3 is 0 Å². The number of methoxy groups -OCH3 is 1. The van der Waals surface area contributed by atoms with Crippen LogP contribution in [0, 0.1) is 5.82 Å². The van der Waals surface area contributed by atoms with Crippen molar-refractivity contribution in [2.24, 2.45) is 0 Å². The van der Waals surface area contributed by atoms with E-state index in [1.54, 1.807) is 36.4 Å². The molecule has 2 N–H and O–H groups in total. The summed E-state index contributed by atoms with van der Waals surface area (Å²) in [5.41, 5.74) is 1.25. The standard InChI is InChI=1S/C17H18FNO3/c1-22-15-7-3-5-13(11-15)16(20)17(21)19-9-8-12-4-2-6-14(18)10-12/h2-7,10-11,16,20H,8-9H2,1H3,(H,19,21). The van der Waals surface area contributed by atoms with E-state index in [-0.39, 0.29) is 5.82 Å². The number of rotatable bonds is 6. The second-order valence-electron chi connectivity index (χ2n) is 4.85. The molecule has 0 heterocycles. The highest BCUT2D eigenvalue weighted by Gasteiger charge is 2.17. The minimum Gasteiger partial charge on any atom is -0.497 e. The normalized spacial score (nSPS) is 11.8. The van der Waals surface area contributed by atoms with Crippen LogP contribution in [0.1, 0.15) is 17.2 Å². The summed E-state index contributed by atoms with van der Waals surface area (Å²) in [7, 11) is 1.52. The molecule has 0 radical (unpaired) electrons. The first-order valence-corrected chi connectivity index (χ1v) is 6.94. The van der Waals surface area contributed by atoms with Gasteiger partial charge in [0.2, 0.25) is 0 Å². The molecule has 1 unspecified atom stereocenters. The Morgan fingerprint density at radius 2 is 2.05 bits per heavy atom. The van der Waals surface area contributed by atoms with E-state index in [9.17, 15) is 14.3 Å². The lowest BCUT2D eigenvalue weighted by Gasteiger charge is -2.12. The summed E-state index contributed by atoms with van der Waals surface area (Å²) in [6.07, 6.45) is -0.767. The van der Waals surface area contributed by atoms with E-state index >= 15 is 0 Å². The predicted octanol–water partition coefficient (Wildman–Crippen LogP) is 2.23. The predicted molar refractivity (Wildman–Crippen MR) is 81.1 cm³/mol. The summed E-state index contributed by atoms with van der Waals surface area (Å²) in [4.78, 5) is 11.9. The topological polar surface area (TPSA) is 58.6 Å². The fourth-order valence-corrected chi connectivity index (χ4v) is 2.08. The number of amides is 1. The zero-order chi connectivity index (χ0) is 15.9. The Hall–Kier alpha value is -2.40. The number of hydrogen-bond acceptors (Lipinski definition) is 3. The molecule has 0 aliphatic heterocycles. The summed E-state index contributed by atoms with van der Waals surface area (Å²) < 4.78 is 18.1. The van der Waals surface area contributed by atoms with Crippen LogP contribution in [0.2, 0.25) is 0 Å². The van der Waals surface area contributed by atoms with E-state index in [0.717, 1.165) is 5.56 Å². The Balaban J connectivity index is 1.88. The molecule has 0 bridgehead atoms. The Bertz CT molecular complexity index is 645. The first-order valence-electron chi connectivity index (χ1n) is 6.94. The maximum Gasteiger partial charge on any atom is 0.253 e. The highest BCUT2D eigenvalue weighted by atomic mass is 19.1. The molecule has 0 spiro atoms. The van der Waals surface area contributed by atoms with Crippen molar-refractivity contribution >= 4 is 5.91 Å². The third-order valence-corrected chi connectivity index (χ3v) is 3.26. The van der Waals surface area contributed by atoms with E-state index in [1.165, 1.54) is 19.2 Å². The van der Waals surface area contributed by atoms with Crippen molar-refractivity contribution in [3.8, 4) is 5.75 Å². The van der Waals surface area contributed by atoms with Gasteiger partial charge in [-0.05, 0) is 41.8 Å². The van der Waals surface area contributed by atoms with Crippen molar-refractivity contribution in [3.63, 3.8) is 0 Å². The molecule has 0 aromatic heterocycles. The number of benzene rings is 2. The molecular formula is C17H18FNO3. The average molecular weight is 303 g/mol. The molecule has 2 rings (SSSR count). The van der Waals surface area contributed by atoms with Crippen LogP contribution in [-0.2, 0) is 11.2 Å². The molecule has 2 aromatic carbocycles. The first kappa shape index (κ1) is 16.0. The van der Waals surface area contributed by atoms with Crippen LogP contribution in [0.15, 0.2) is 48.5 Å². The SMILES string of the molecule is COc1cccc(C(O)C(=O)NCCc2cccc(F)c2)c1. The number of nitrogens with one attached hydrogen (secondary N) is 1. The number of aliphatic hydroxyl groups is 1. The van der Waals surface area contributed by atoms with Gasteiger partial charge < -0.3 is 15.2 Å². The summed E-state index contributed by atoms with van der Waals surface area (Å²) >= 11 is 0. The van der Waals surface area contributed by atoms with Crippen molar-refractivity contribution in [1.82, 2.24) is 5.32 Å². The lowest BCUT2D eigenvalue weighted by atomic mass is 10.1. The van der Waals surface area contributed by atoms with Crippen LogP contribution in [0.25, 0.3) is 0 Å². The molecule has 0 saturated carbocycles. The molecule has 0 aliphatic carbocycles. The molecule has 1 atom stereocenters. The van der Waals surface area contributed by atoms with E-state index < -0.39 is 12.0 Å². The van der Waals surface area contributed by atoms with Crippen molar-refractivity contribution in [3.05, 3.63) is 65.5 Å². The zero-order valence-electron chi connectivity index (χ0n) is 12.3. The molecule has 0 saturated heterocycles. The summed E-state index contributed by atoms with van der Waals surface area (Å²) in [5.74, 6) is -0.228. The molecule has 0 fully saturated rings. The number of carbonyl (C=O) groups excluding carboxylic acids is 1. The van der Waals surface area contributed by atoms with Gasteiger partial charge in [0.05, 0.1) is 7.11 Å². The second kappa shape index (κ2) is 7.56. The van der Waals surface area contributed by atoms with Crippen LogP contribution in [0.3, 0.4) is 0 Å². The summed E-state index contributed by atoms with van der Waals surface area (Å²) in [6, 6.07) is 12.9. The second-order valence-corrected chi connectivity index (χ2v) is 4.85. The van der Waals surface area contributed by atoms with E-state index in [0.29, 0.717) is 24.3 Å². The molecule has 4 nitrogen and oxygen atoms in total. The molecule has 1 amide bonds. The summed E-state index contributed by atoms with van der Waals surface area (Å²) in [6.45, 7) is 0.323. The van der Waals surface area contributed by atoms with Crippen molar-refractivity contribution in [2.75, 3.05) is 13.7 Å². The third kappa shape index (κ3) is 4.30. The quantitative estimate of drug-likeness (QED) is 0.860. The minimum absolute atomic E-state index is 0.305. The van der Waals surface area contributed by atoms with E-state index in [1.807, 2.05) is 0 Å². The average Bonchev–Trinajstić information content (AvgIpc) is 2.54. The van der Waals surface area contributed by atoms with Gasteiger partial charge in [-0.25, -0.2) is 4.39 Å². The Labute approximate surface area is 128 Å². The highest BCUT2D eigenvalue weighted by Crippen LogP contribution is 2.19. The van der Waals surface area contributed by atoms with Crippen LogP contribution in [-0.4, -0.2) is 24.7 Å². The number of halogens is 1. The van der Waals surface area contributed by atoms with Gasteiger partial charge in [-0.2, -0.15) is 0 Å². The number of hydrogen-bond donors (Lipinski definition) is 2. The molecule has 2 aromatic rings. The maximum atomic E-state index is 13.0. The van der Waals surface area contributed by atoms with Crippen LogP contribution < -0.4 is 10.1 Å². The fraction of sp³-hybridized carbons (Fsp3) is 0.235. The zero-order valence-corrected chi connectivity index (χ0v) is 12.3. The van der Waals surface area contributed by atoms with Gasteiger partial charge in [0.25, 0.3) is 5.91 Å². The molecule has 116 valence electrons. The van der Waals surface area contributed by atoms with Crippen LogP contribution >= 0.6 is 0 Å². The smallest absolute Gasteiger partial charge is 0.253 e. The van der Waals surface area contributed by atoms with Crippen LogP contribution in [0.5, 0.6) is 5.75 Å². The Kier molecular flexibility index (Phi) is 5.49. The molecule has 5 heteroatoms. The molecule has 0 aliphatic rings. The molecule has 22 heavy (non-hydrogen) atoms. The van der Waals surface area contributed by atoms with Gasteiger partial charge in [-0.15, -0.1) is 0 Å². The number of aliphatic hydroxyl groups excluding tert-OH is 1. The monoisotopic (exact) mass is 303 g/mol. The summed E-state index contributed by atoms with van der Waals surface area (Å²) in [5, 5.41) is 12.7. The first-order chi connectivity index (χ1) is 10.6. The maximum absolute atomic E-state index is 13.0. The highest BCUT2D eigenvalue weighted by molar-refractivity contribution is 5.82. The lowest BCUT2D eigenvalue weighted by molar-refractivity contribution is -0.129. The number of ether oxygens (including phenoxy) is 1. The number of carbonyl (C=O) groups is 1. The lowest BCUT2D eigenvalue weighted by Crippen LogP contribution is -2.31.